The molecule has 0 aliphatic carbocycles. The van der Waals surface area contributed by atoms with Crippen LogP contribution >= 0.6 is 0 Å². The second-order valence-electron chi connectivity index (χ2n) is 7.47. The lowest BCUT2D eigenvalue weighted by Gasteiger charge is -2.30. The number of amides is 1. The molecule has 1 unspecified atom stereocenters. The maximum Gasteiger partial charge on any atom is 0.242 e. The minimum atomic E-state index is -0.712. The minimum absolute atomic E-state index is 0.132. The number of hydrogen-bond donors (Lipinski definition) is 0. The van der Waals surface area contributed by atoms with E-state index >= 15 is 0 Å². The Bertz CT molecular complexity index is 1180. The summed E-state index contributed by atoms with van der Waals surface area (Å²) in [5, 5.41) is 2.41. The summed E-state index contributed by atoms with van der Waals surface area (Å²) in [5.74, 6) is 0.132. The highest BCUT2D eigenvalue weighted by Gasteiger charge is 2.50. The van der Waals surface area contributed by atoms with Crippen LogP contribution in [0, 0.1) is 0 Å². The summed E-state index contributed by atoms with van der Waals surface area (Å²) in [7, 11) is 1.88. The maximum atomic E-state index is 13.8. The van der Waals surface area contributed by atoms with Crippen LogP contribution in [-0.4, -0.2) is 13.0 Å². The van der Waals surface area contributed by atoms with Crippen LogP contribution in [0.25, 0.3) is 10.8 Å². The molecule has 2 nitrogen and oxygen atoms in total. The summed E-state index contributed by atoms with van der Waals surface area (Å²) in [5.41, 5.74) is 3.61. The van der Waals surface area contributed by atoms with Crippen molar-refractivity contribution in [2.45, 2.75) is 11.8 Å². The van der Waals surface area contributed by atoms with Gasteiger partial charge in [0.25, 0.3) is 0 Å². The number of hydrogen-bond acceptors (Lipinski definition) is 1. The van der Waals surface area contributed by atoms with Gasteiger partial charge in [-0.25, -0.2) is 0 Å². The lowest BCUT2D eigenvalue weighted by molar-refractivity contribution is -0.121. The van der Waals surface area contributed by atoms with E-state index in [1.807, 2.05) is 48.3 Å². The van der Waals surface area contributed by atoms with Gasteiger partial charge in [0.2, 0.25) is 5.91 Å². The highest BCUT2D eigenvalue weighted by molar-refractivity contribution is 6.10. The number of carbonyl (C=O) groups is 1. The average Bonchev–Trinajstić information content (AvgIpc) is 2.97. The molecule has 0 N–H and O–H groups in total. The van der Waals surface area contributed by atoms with Gasteiger partial charge in [-0.2, -0.15) is 0 Å². The number of benzene rings is 4. The third-order valence-electron chi connectivity index (χ3n) is 6.00. The molecule has 1 aliphatic heterocycles. The van der Waals surface area contributed by atoms with Gasteiger partial charge in [-0.05, 0) is 39.9 Å². The number of rotatable bonds is 3. The number of nitrogens with zero attached hydrogens (tertiary/aromatic N) is 1. The van der Waals surface area contributed by atoms with E-state index in [9.17, 15) is 4.79 Å². The van der Waals surface area contributed by atoms with Crippen molar-refractivity contribution in [2.75, 3.05) is 11.9 Å². The topological polar surface area (TPSA) is 20.3 Å². The van der Waals surface area contributed by atoms with Gasteiger partial charge in [0.15, 0.2) is 0 Å². The summed E-state index contributed by atoms with van der Waals surface area (Å²) in [6.07, 6.45) is 0.637. The van der Waals surface area contributed by atoms with Crippen LogP contribution in [-0.2, 0) is 16.6 Å². The zero-order valence-electron chi connectivity index (χ0n) is 15.8. The van der Waals surface area contributed by atoms with Crippen LogP contribution in [0.3, 0.4) is 0 Å². The normalized spacial score (nSPS) is 18.5. The SMILES string of the molecule is CN1C(=O)C(Cc2cccc3ccccc23)(c2ccccc2)c2ccccc21. The molecule has 4 aromatic rings. The van der Waals surface area contributed by atoms with E-state index in [0.717, 1.165) is 16.8 Å². The van der Waals surface area contributed by atoms with E-state index < -0.39 is 5.41 Å². The van der Waals surface area contributed by atoms with Crippen LogP contribution in [0.5, 0.6) is 0 Å². The smallest absolute Gasteiger partial charge is 0.242 e. The van der Waals surface area contributed by atoms with E-state index in [2.05, 4.69) is 60.7 Å². The number of para-hydroxylation sites is 1. The van der Waals surface area contributed by atoms with Crippen molar-refractivity contribution >= 4 is 22.4 Å². The van der Waals surface area contributed by atoms with E-state index in [-0.39, 0.29) is 5.91 Å². The largest absolute Gasteiger partial charge is 0.314 e. The van der Waals surface area contributed by atoms with Crippen LogP contribution in [0.4, 0.5) is 5.69 Å². The molecule has 136 valence electrons. The van der Waals surface area contributed by atoms with Gasteiger partial charge < -0.3 is 4.90 Å². The number of likely N-dealkylation sites (N-methyl/N-ethyl adjacent to an activating group) is 1. The van der Waals surface area contributed by atoms with Crippen molar-refractivity contribution < 1.29 is 4.79 Å². The Morgan fingerprint density at radius 1 is 0.750 bits per heavy atom. The molecule has 0 saturated carbocycles. The lowest BCUT2D eigenvalue weighted by Crippen LogP contribution is -2.41. The van der Waals surface area contributed by atoms with E-state index in [1.165, 1.54) is 16.3 Å². The van der Waals surface area contributed by atoms with Gasteiger partial charge in [0, 0.05) is 12.7 Å². The third-order valence-corrected chi connectivity index (χ3v) is 6.00. The first-order valence-electron chi connectivity index (χ1n) is 9.62. The molecule has 0 bridgehead atoms. The molecule has 4 aromatic carbocycles. The van der Waals surface area contributed by atoms with Gasteiger partial charge in [-0.15, -0.1) is 0 Å². The third kappa shape index (κ3) is 2.31. The average molecular weight is 363 g/mol. The summed E-state index contributed by atoms with van der Waals surface area (Å²) >= 11 is 0. The number of fused-ring (bicyclic) bond motifs is 2. The molecular formula is C26H21NO. The molecule has 0 aromatic heterocycles. The van der Waals surface area contributed by atoms with Crippen LogP contribution in [0.2, 0.25) is 0 Å². The Morgan fingerprint density at radius 2 is 1.43 bits per heavy atom. The fourth-order valence-electron chi connectivity index (χ4n) is 4.64. The quantitative estimate of drug-likeness (QED) is 0.481. The molecule has 1 aliphatic rings. The highest BCUT2D eigenvalue weighted by Crippen LogP contribution is 2.48. The first kappa shape index (κ1) is 16.8. The summed E-state index contributed by atoms with van der Waals surface area (Å²) in [6.45, 7) is 0. The van der Waals surface area contributed by atoms with Crippen molar-refractivity contribution in [1.29, 1.82) is 0 Å². The molecule has 1 amide bonds. The van der Waals surface area contributed by atoms with Gasteiger partial charge in [0.05, 0.1) is 0 Å². The van der Waals surface area contributed by atoms with Crippen LogP contribution < -0.4 is 4.90 Å². The Labute approximate surface area is 165 Å². The Morgan fingerprint density at radius 3 is 2.29 bits per heavy atom. The molecule has 5 rings (SSSR count). The first-order valence-corrected chi connectivity index (χ1v) is 9.62. The van der Waals surface area contributed by atoms with Crippen molar-refractivity contribution in [3.05, 3.63) is 114 Å². The van der Waals surface area contributed by atoms with Crippen LogP contribution in [0.1, 0.15) is 16.7 Å². The zero-order valence-corrected chi connectivity index (χ0v) is 15.8. The molecule has 1 atom stereocenters. The molecule has 28 heavy (non-hydrogen) atoms. The van der Waals surface area contributed by atoms with Gasteiger partial charge in [0.1, 0.15) is 5.41 Å². The predicted octanol–water partition coefficient (Wildman–Crippen LogP) is 5.35. The molecule has 0 spiro atoms. The summed E-state index contributed by atoms with van der Waals surface area (Å²) < 4.78 is 0. The van der Waals surface area contributed by atoms with E-state index in [0.29, 0.717) is 6.42 Å². The highest BCUT2D eigenvalue weighted by atomic mass is 16.2. The number of carbonyl (C=O) groups excluding carboxylic acids is 1. The zero-order chi connectivity index (χ0) is 19.1. The first-order chi connectivity index (χ1) is 13.7. The maximum absolute atomic E-state index is 13.8. The minimum Gasteiger partial charge on any atom is -0.314 e. The van der Waals surface area contributed by atoms with Crippen molar-refractivity contribution in [2.24, 2.45) is 0 Å². The Kier molecular flexibility index (Phi) is 3.80. The van der Waals surface area contributed by atoms with Crippen molar-refractivity contribution in [3.8, 4) is 0 Å². The van der Waals surface area contributed by atoms with E-state index in [1.54, 1.807) is 0 Å². The molecule has 0 radical (unpaired) electrons. The molecule has 2 heteroatoms. The van der Waals surface area contributed by atoms with Gasteiger partial charge in [-0.1, -0.05) is 91.0 Å². The second kappa shape index (κ2) is 6.35. The molecular weight excluding hydrogens is 342 g/mol. The van der Waals surface area contributed by atoms with Crippen molar-refractivity contribution in [1.82, 2.24) is 0 Å². The fourth-order valence-corrected chi connectivity index (χ4v) is 4.64. The van der Waals surface area contributed by atoms with Gasteiger partial charge in [-0.3, -0.25) is 4.79 Å². The fraction of sp³-hybridized carbons (Fsp3) is 0.115. The summed E-state index contributed by atoms with van der Waals surface area (Å²) in [6, 6.07) is 33.2. The van der Waals surface area contributed by atoms with E-state index in [4.69, 9.17) is 0 Å². The molecule has 0 saturated heterocycles. The van der Waals surface area contributed by atoms with Crippen LogP contribution in [0.15, 0.2) is 97.1 Å². The van der Waals surface area contributed by atoms with Crippen molar-refractivity contribution in [3.63, 3.8) is 0 Å². The molecule has 1 heterocycles. The second-order valence-corrected chi connectivity index (χ2v) is 7.47. The van der Waals surface area contributed by atoms with Gasteiger partial charge >= 0.3 is 0 Å². The molecule has 0 fully saturated rings. The number of anilines is 1. The Hall–Kier alpha value is -3.39. The standard InChI is InChI=1S/C26H21NO/c1-27-24-17-8-7-16-23(24)26(25(27)28,21-13-3-2-4-14-21)18-20-12-9-11-19-10-5-6-15-22(19)20/h2-17H,18H2,1H3. The lowest BCUT2D eigenvalue weighted by atomic mass is 9.70. The monoisotopic (exact) mass is 363 g/mol. The Balaban J connectivity index is 1.79. The summed E-state index contributed by atoms with van der Waals surface area (Å²) in [4.78, 5) is 15.6. The predicted molar refractivity (Wildman–Crippen MR) is 115 cm³/mol.